The molecular weight excluding hydrogens is 352 g/mol. The SMILES string of the molecule is Cc1ccc(NC(=O)C(N)c2ccccc2)cc1NC(=O)CN1CCCCC1. The molecule has 0 aliphatic carbocycles. The van der Waals surface area contributed by atoms with Crippen LogP contribution in [-0.4, -0.2) is 36.3 Å². The van der Waals surface area contributed by atoms with Gasteiger partial charge in [-0.05, 0) is 56.1 Å². The second-order valence-electron chi connectivity index (χ2n) is 7.29. The predicted molar refractivity (Wildman–Crippen MR) is 112 cm³/mol. The Labute approximate surface area is 166 Å². The van der Waals surface area contributed by atoms with Gasteiger partial charge in [0.15, 0.2) is 0 Å². The number of carbonyl (C=O) groups is 2. The van der Waals surface area contributed by atoms with E-state index in [1.165, 1.54) is 6.42 Å². The normalized spacial score (nSPS) is 15.6. The summed E-state index contributed by atoms with van der Waals surface area (Å²) in [6, 6.07) is 13.9. The van der Waals surface area contributed by atoms with Gasteiger partial charge in [0.05, 0.1) is 6.54 Å². The predicted octanol–water partition coefficient (Wildman–Crippen LogP) is 3.06. The smallest absolute Gasteiger partial charge is 0.245 e. The molecule has 1 saturated heterocycles. The summed E-state index contributed by atoms with van der Waals surface area (Å²) in [5.41, 5.74) is 9.05. The van der Waals surface area contributed by atoms with E-state index in [-0.39, 0.29) is 11.8 Å². The molecule has 0 aromatic heterocycles. The zero-order valence-electron chi connectivity index (χ0n) is 16.3. The van der Waals surface area contributed by atoms with Crippen molar-refractivity contribution in [2.45, 2.75) is 32.2 Å². The molecule has 1 unspecified atom stereocenters. The second-order valence-corrected chi connectivity index (χ2v) is 7.29. The van der Waals surface area contributed by atoms with Gasteiger partial charge in [-0.15, -0.1) is 0 Å². The third-order valence-electron chi connectivity index (χ3n) is 5.04. The van der Waals surface area contributed by atoms with Gasteiger partial charge in [0.1, 0.15) is 6.04 Å². The number of benzene rings is 2. The number of hydrogen-bond donors (Lipinski definition) is 3. The molecule has 1 aliphatic rings. The molecule has 148 valence electrons. The van der Waals surface area contributed by atoms with Gasteiger partial charge < -0.3 is 16.4 Å². The maximum absolute atomic E-state index is 12.5. The lowest BCUT2D eigenvalue weighted by Crippen LogP contribution is -2.36. The molecule has 6 nitrogen and oxygen atoms in total. The van der Waals surface area contributed by atoms with Crippen LogP contribution in [0.25, 0.3) is 0 Å². The number of nitrogens with zero attached hydrogens (tertiary/aromatic N) is 1. The fourth-order valence-electron chi connectivity index (χ4n) is 3.38. The Bertz CT molecular complexity index is 817. The van der Waals surface area contributed by atoms with E-state index in [9.17, 15) is 9.59 Å². The van der Waals surface area contributed by atoms with Crippen molar-refractivity contribution < 1.29 is 9.59 Å². The minimum absolute atomic E-state index is 0.0329. The summed E-state index contributed by atoms with van der Waals surface area (Å²) < 4.78 is 0. The Balaban J connectivity index is 1.62. The first-order valence-corrected chi connectivity index (χ1v) is 9.77. The highest BCUT2D eigenvalue weighted by molar-refractivity contribution is 5.97. The standard InChI is InChI=1S/C22H28N4O2/c1-16-10-11-18(24-22(28)21(23)17-8-4-2-5-9-17)14-19(16)25-20(27)15-26-12-6-3-7-13-26/h2,4-5,8-11,14,21H,3,6-7,12-13,15,23H2,1H3,(H,24,28)(H,25,27). The van der Waals surface area contributed by atoms with E-state index >= 15 is 0 Å². The van der Waals surface area contributed by atoms with Crippen molar-refractivity contribution >= 4 is 23.2 Å². The Hall–Kier alpha value is -2.70. The quantitative estimate of drug-likeness (QED) is 0.719. The van der Waals surface area contributed by atoms with Crippen molar-refractivity contribution in [1.82, 2.24) is 4.90 Å². The van der Waals surface area contributed by atoms with Crippen molar-refractivity contribution in [2.75, 3.05) is 30.3 Å². The van der Waals surface area contributed by atoms with E-state index in [0.717, 1.165) is 37.1 Å². The monoisotopic (exact) mass is 380 g/mol. The Kier molecular flexibility index (Phi) is 6.79. The molecular formula is C22H28N4O2. The first kappa shape index (κ1) is 20.0. The number of nitrogens with two attached hydrogens (primary N) is 1. The van der Waals surface area contributed by atoms with Gasteiger partial charge in [-0.3, -0.25) is 14.5 Å². The fraction of sp³-hybridized carbons (Fsp3) is 0.364. The largest absolute Gasteiger partial charge is 0.325 e. The van der Waals surface area contributed by atoms with Crippen LogP contribution in [0.4, 0.5) is 11.4 Å². The Morgan fingerprint density at radius 1 is 1.04 bits per heavy atom. The summed E-state index contributed by atoms with van der Waals surface area (Å²) in [6.45, 7) is 4.27. The van der Waals surface area contributed by atoms with Gasteiger partial charge in [-0.2, -0.15) is 0 Å². The van der Waals surface area contributed by atoms with E-state index in [4.69, 9.17) is 5.73 Å². The summed E-state index contributed by atoms with van der Waals surface area (Å²) in [7, 11) is 0. The molecule has 1 atom stereocenters. The second kappa shape index (κ2) is 9.48. The van der Waals surface area contributed by atoms with Crippen molar-refractivity contribution in [3.05, 3.63) is 59.7 Å². The number of anilines is 2. The maximum Gasteiger partial charge on any atom is 0.245 e. The summed E-state index contributed by atoms with van der Waals surface area (Å²) in [4.78, 5) is 27.0. The van der Waals surface area contributed by atoms with Crippen LogP contribution in [0.1, 0.15) is 36.4 Å². The lowest BCUT2D eigenvalue weighted by atomic mass is 10.1. The molecule has 0 spiro atoms. The van der Waals surface area contributed by atoms with Crippen molar-refractivity contribution in [1.29, 1.82) is 0 Å². The lowest BCUT2D eigenvalue weighted by molar-refractivity contribution is -0.118. The third-order valence-corrected chi connectivity index (χ3v) is 5.04. The number of hydrogen-bond acceptors (Lipinski definition) is 4. The lowest BCUT2D eigenvalue weighted by Gasteiger charge is -2.25. The molecule has 0 saturated carbocycles. The van der Waals surface area contributed by atoms with Crippen LogP contribution in [0, 0.1) is 6.92 Å². The molecule has 2 amide bonds. The van der Waals surface area contributed by atoms with Crippen molar-refractivity contribution in [2.24, 2.45) is 5.73 Å². The molecule has 28 heavy (non-hydrogen) atoms. The van der Waals surface area contributed by atoms with Crippen LogP contribution < -0.4 is 16.4 Å². The number of nitrogens with one attached hydrogen (secondary N) is 2. The van der Waals surface area contributed by atoms with Gasteiger partial charge in [0.2, 0.25) is 11.8 Å². The molecule has 0 radical (unpaired) electrons. The highest BCUT2D eigenvalue weighted by Crippen LogP contribution is 2.22. The van der Waals surface area contributed by atoms with Crippen molar-refractivity contribution in [3.8, 4) is 0 Å². The first-order valence-electron chi connectivity index (χ1n) is 9.77. The summed E-state index contributed by atoms with van der Waals surface area (Å²) in [5, 5.41) is 5.81. The Morgan fingerprint density at radius 2 is 1.75 bits per heavy atom. The van der Waals surface area contributed by atoms with E-state index in [1.54, 1.807) is 6.07 Å². The number of piperidine rings is 1. The van der Waals surface area contributed by atoms with Crippen LogP contribution >= 0.6 is 0 Å². The molecule has 2 aromatic rings. The van der Waals surface area contributed by atoms with Gasteiger partial charge in [-0.25, -0.2) is 0 Å². The van der Waals surface area contributed by atoms with Gasteiger partial charge in [-0.1, -0.05) is 42.8 Å². The highest BCUT2D eigenvalue weighted by atomic mass is 16.2. The van der Waals surface area contributed by atoms with E-state index in [0.29, 0.717) is 17.9 Å². The molecule has 1 fully saturated rings. The van der Waals surface area contributed by atoms with Crippen LogP contribution in [0.5, 0.6) is 0 Å². The number of aryl methyl sites for hydroxylation is 1. The molecule has 3 rings (SSSR count). The van der Waals surface area contributed by atoms with Gasteiger partial charge in [0, 0.05) is 11.4 Å². The number of amides is 2. The Morgan fingerprint density at radius 3 is 2.46 bits per heavy atom. The zero-order chi connectivity index (χ0) is 19.9. The van der Waals surface area contributed by atoms with Crippen molar-refractivity contribution in [3.63, 3.8) is 0 Å². The summed E-state index contributed by atoms with van der Waals surface area (Å²) >= 11 is 0. The first-order chi connectivity index (χ1) is 13.5. The topological polar surface area (TPSA) is 87.5 Å². The number of carbonyl (C=O) groups excluding carboxylic acids is 2. The highest BCUT2D eigenvalue weighted by Gasteiger charge is 2.17. The molecule has 4 N–H and O–H groups in total. The van der Waals surface area contributed by atoms with Gasteiger partial charge in [0.25, 0.3) is 0 Å². The molecule has 6 heteroatoms. The van der Waals surface area contributed by atoms with Crippen LogP contribution in [0.2, 0.25) is 0 Å². The van der Waals surface area contributed by atoms with Crippen LogP contribution in [0.3, 0.4) is 0 Å². The third kappa shape index (κ3) is 5.41. The average Bonchev–Trinajstić information content (AvgIpc) is 2.71. The minimum atomic E-state index is -0.750. The van der Waals surface area contributed by atoms with Crippen LogP contribution in [0.15, 0.2) is 48.5 Å². The molecule has 2 aromatic carbocycles. The van der Waals surface area contributed by atoms with E-state index in [2.05, 4.69) is 15.5 Å². The minimum Gasteiger partial charge on any atom is -0.325 e. The van der Waals surface area contributed by atoms with Gasteiger partial charge >= 0.3 is 0 Å². The molecule has 1 aliphatic heterocycles. The molecule has 1 heterocycles. The van der Waals surface area contributed by atoms with E-state index in [1.807, 2.05) is 49.4 Å². The van der Waals surface area contributed by atoms with E-state index < -0.39 is 6.04 Å². The average molecular weight is 380 g/mol. The molecule has 0 bridgehead atoms. The summed E-state index contributed by atoms with van der Waals surface area (Å²) in [6.07, 6.45) is 3.54. The maximum atomic E-state index is 12.5. The fourth-order valence-corrected chi connectivity index (χ4v) is 3.38. The van der Waals surface area contributed by atoms with Crippen LogP contribution in [-0.2, 0) is 9.59 Å². The summed E-state index contributed by atoms with van der Waals surface area (Å²) in [5.74, 6) is -0.324. The number of likely N-dealkylation sites (tertiary alicyclic amines) is 1. The number of rotatable bonds is 6. The zero-order valence-corrected chi connectivity index (χ0v) is 16.3.